The summed E-state index contributed by atoms with van der Waals surface area (Å²) in [7, 11) is 0. The van der Waals surface area contributed by atoms with E-state index in [0.717, 1.165) is 17.4 Å². The molecular formula is C17H24N2O3S2. The van der Waals surface area contributed by atoms with Crippen LogP contribution in [0.1, 0.15) is 26.7 Å². The number of nitrogens with zero attached hydrogens (tertiary/aromatic N) is 1. The summed E-state index contributed by atoms with van der Waals surface area (Å²) in [4.78, 5) is 14.3. The predicted octanol–water partition coefficient (Wildman–Crippen LogP) is 3.54. The second-order valence-corrected chi connectivity index (χ2v) is 6.93. The summed E-state index contributed by atoms with van der Waals surface area (Å²) >= 11 is 6.79. The van der Waals surface area contributed by atoms with Crippen LogP contribution < -0.4 is 14.8 Å². The van der Waals surface area contributed by atoms with E-state index in [1.807, 2.05) is 26.0 Å². The van der Waals surface area contributed by atoms with Crippen molar-refractivity contribution >= 4 is 39.9 Å². The Labute approximate surface area is 153 Å². The maximum absolute atomic E-state index is 12.1. The first-order valence-electron chi connectivity index (χ1n) is 8.25. The normalized spacial score (nSPS) is 13.7. The van der Waals surface area contributed by atoms with Gasteiger partial charge >= 0.3 is 0 Å². The average molecular weight is 369 g/mol. The maximum Gasteiger partial charge on any atom is 0.234 e. The van der Waals surface area contributed by atoms with Crippen LogP contribution in [-0.4, -0.2) is 47.2 Å². The third-order valence-electron chi connectivity index (χ3n) is 3.52. The van der Waals surface area contributed by atoms with E-state index in [4.69, 9.17) is 21.7 Å². The Morgan fingerprint density at radius 1 is 1.21 bits per heavy atom. The molecule has 132 valence electrons. The van der Waals surface area contributed by atoms with Gasteiger partial charge in [-0.1, -0.05) is 24.0 Å². The minimum absolute atomic E-state index is 0.0758. The van der Waals surface area contributed by atoms with Gasteiger partial charge in [0.15, 0.2) is 11.5 Å². The molecule has 5 nitrogen and oxygen atoms in total. The fraction of sp³-hybridized carbons (Fsp3) is 0.529. The predicted molar refractivity (Wildman–Crippen MR) is 103 cm³/mol. The Hall–Kier alpha value is -1.47. The molecule has 0 radical (unpaired) electrons. The van der Waals surface area contributed by atoms with E-state index in [1.165, 1.54) is 24.6 Å². The highest BCUT2D eigenvalue weighted by molar-refractivity contribution is 8.23. The van der Waals surface area contributed by atoms with Crippen molar-refractivity contribution in [2.24, 2.45) is 0 Å². The molecule has 0 aliphatic carbocycles. The number of carbonyl (C=O) groups is 1. The number of thioether (sulfide) groups is 1. The van der Waals surface area contributed by atoms with Crippen LogP contribution in [-0.2, 0) is 4.79 Å². The highest BCUT2D eigenvalue weighted by atomic mass is 32.2. The molecule has 1 heterocycles. The molecule has 1 saturated heterocycles. The van der Waals surface area contributed by atoms with E-state index >= 15 is 0 Å². The van der Waals surface area contributed by atoms with Gasteiger partial charge in [0, 0.05) is 24.8 Å². The first-order chi connectivity index (χ1) is 11.6. The fourth-order valence-electron chi connectivity index (χ4n) is 2.44. The van der Waals surface area contributed by atoms with Crippen molar-refractivity contribution in [3.05, 3.63) is 18.2 Å². The van der Waals surface area contributed by atoms with Crippen molar-refractivity contribution in [3.63, 3.8) is 0 Å². The number of anilines is 1. The second kappa shape index (κ2) is 9.74. The van der Waals surface area contributed by atoms with Gasteiger partial charge in [0.1, 0.15) is 4.32 Å². The number of hydrogen-bond donors (Lipinski definition) is 1. The lowest BCUT2D eigenvalue weighted by Crippen LogP contribution is -2.25. The SMILES string of the molecule is CCOc1ccc(NC(=O)CSC(=S)N2CCCC2)cc1OCC. The number of hydrogen-bond acceptors (Lipinski definition) is 5. The molecule has 0 saturated carbocycles. The first-order valence-corrected chi connectivity index (χ1v) is 9.64. The Bertz CT molecular complexity index is 575. The van der Waals surface area contributed by atoms with E-state index in [1.54, 1.807) is 6.07 Å². The van der Waals surface area contributed by atoms with Crippen molar-refractivity contribution in [2.45, 2.75) is 26.7 Å². The lowest BCUT2D eigenvalue weighted by atomic mass is 10.2. The lowest BCUT2D eigenvalue weighted by Gasteiger charge is -2.17. The third-order valence-corrected chi connectivity index (χ3v) is 5.04. The molecule has 0 atom stereocenters. The van der Waals surface area contributed by atoms with Crippen LogP contribution in [0, 0.1) is 0 Å². The maximum atomic E-state index is 12.1. The first kappa shape index (κ1) is 18.9. The van der Waals surface area contributed by atoms with E-state index in [0.29, 0.717) is 36.2 Å². The Balaban J connectivity index is 1.88. The Morgan fingerprint density at radius 2 is 1.88 bits per heavy atom. The van der Waals surface area contributed by atoms with Crippen molar-refractivity contribution < 1.29 is 14.3 Å². The van der Waals surface area contributed by atoms with Crippen LogP contribution in [0.15, 0.2) is 18.2 Å². The van der Waals surface area contributed by atoms with E-state index in [9.17, 15) is 4.79 Å². The lowest BCUT2D eigenvalue weighted by molar-refractivity contribution is -0.113. The van der Waals surface area contributed by atoms with E-state index in [-0.39, 0.29) is 5.91 Å². The van der Waals surface area contributed by atoms with E-state index < -0.39 is 0 Å². The number of amides is 1. The Morgan fingerprint density at radius 3 is 2.54 bits per heavy atom. The van der Waals surface area contributed by atoms with Crippen LogP contribution in [0.4, 0.5) is 5.69 Å². The summed E-state index contributed by atoms with van der Waals surface area (Å²) < 4.78 is 11.9. The number of ether oxygens (including phenoxy) is 2. The van der Waals surface area contributed by atoms with Crippen molar-refractivity contribution in [2.75, 3.05) is 37.4 Å². The minimum Gasteiger partial charge on any atom is -0.490 e. The van der Waals surface area contributed by atoms with Crippen LogP contribution in [0.5, 0.6) is 11.5 Å². The van der Waals surface area contributed by atoms with Gasteiger partial charge in [0.05, 0.1) is 19.0 Å². The smallest absolute Gasteiger partial charge is 0.234 e. The van der Waals surface area contributed by atoms with Crippen LogP contribution in [0.3, 0.4) is 0 Å². The molecule has 1 aromatic carbocycles. The molecule has 2 rings (SSSR count). The Kier molecular flexibility index (Phi) is 7.65. The molecule has 0 unspecified atom stereocenters. The number of likely N-dealkylation sites (tertiary alicyclic amines) is 1. The molecule has 0 bridgehead atoms. The quantitative estimate of drug-likeness (QED) is 0.743. The number of nitrogens with one attached hydrogen (secondary N) is 1. The standard InChI is InChI=1S/C17H24N2O3S2/c1-3-21-14-8-7-13(11-15(14)22-4-2)18-16(20)12-24-17(23)19-9-5-6-10-19/h7-8,11H,3-6,9-10,12H2,1-2H3,(H,18,20). The van der Waals surface area contributed by atoms with Gasteiger partial charge in [-0.3, -0.25) is 4.79 Å². The van der Waals surface area contributed by atoms with Gasteiger partial charge in [-0.25, -0.2) is 0 Å². The van der Waals surface area contributed by atoms with Gasteiger partial charge < -0.3 is 19.7 Å². The van der Waals surface area contributed by atoms with Crippen molar-refractivity contribution in [1.82, 2.24) is 4.90 Å². The van der Waals surface area contributed by atoms with Crippen molar-refractivity contribution in [3.8, 4) is 11.5 Å². The second-order valence-electron chi connectivity index (χ2n) is 5.32. The molecular weight excluding hydrogens is 344 g/mol. The summed E-state index contributed by atoms with van der Waals surface area (Å²) in [5, 5.41) is 2.88. The summed E-state index contributed by atoms with van der Waals surface area (Å²) in [6, 6.07) is 5.41. The zero-order valence-corrected chi connectivity index (χ0v) is 15.8. The van der Waals surface area contributed by atoms with Gasteiger partial charge in [-0.05, 0) is 38.8 Å². The zero-order valence-electron chi connectivity index (χ0n) is 14.2. The average Bonchev–Trinajstić information content (AvgIpc) is 3.10. The van der Waals surface area contributed by atoms with E-state index in [2.05, 4.69) is 10.2 Å². The number of benzene rings is 1. The molecule has 24 heavy (non-hydrogen) atoms. The molecule has 1 aliphatic rings. The monoisotopic (exact) mass is 368 g/mol. The number of thiocarbonyl (C=S) groups is 1. The summed E-state index contributed by atoms with van der Waals surface area (Å²) in [6.45, 7) is 6.95. The highest BCUT2D eigenvalue weighted by Crippen LogP contribution is 2.30. The largest absolute Gasteiger partial charge is 0.490 e. The van der Waals surface area contributed by atoms with Gasteiger partial charge in [-0.2, -0.15) is 0 Å². The van der Waals surface area contributed by atoms with Crippen LogP contribution in [0.2, 0.25) is 0 Å². The molecule has 1 amide bonds. The topological polar surface area (TPSA) is 50.8 Å². The number of rotatable bonds is 7. The van der Waals surface area contributed by atoms with Crippen LogP contribution in [0.25, 0.3) is 0 Å². The molecule has 0 spiro atoms. The summed E-state index contributed by atoms with van der Waals surface area (Å²) in [5.74, 6) is 1.56. The molecule has 1 aliphatic heterocycles. The molecule has 1 fully saturated rings. The summed E-state index contributed by atoms with van der Waals surface area (Å²) in [6.07, 6.45) is 2.36. The third kappa shape index (κ3) is 5.56. The number of carbonyl (C=O) groups excluding carboxylic acids is 1. The highest BCUT2D eigenvalue weighted by Gasteiger charge is 2.16. The molecule has 1 aromatic rings. The fourth-order valence-corrected chi connectivity index (χ4v) is 3.50. The molecule has 0 aromatic heterocycles. The summed E-state index contributed by atoms with van der Waals surface area (Å²) in [5.41, 5.74) is 0.694. The van der Waals surface area contributed by atoms with Gasteiger partial charge in [-0.15, -0.1) is 0 Å². The molecule has 1 N–H and O–H groups in total. The minimum atomic E-state index is -0.0758. The zero-order chi connectivity index (χ0) is 17.4. The van der Waals surface area contributed by atoms with Crippen LogP contribution >= 0.6 is 24.0 Å². The van der Waals surface area contributed by atoms with Gasteiger partial charge in [0.25, 0.3) is 0 Å². The van der Waals surface area contributed by atoms with Gasteiger partial charge in [0.2, 0.25) is 5.91 Å². The van der Waals surface area contributed by atoms with Crippen molar-refractivity contribution in [1.29, 1.82) is 0 Å². The molecule has 7 heteroatoms.